The van der Waals surface area contributed by atoms with Crippen molar-refractivity contribution in [3.05, 3.63) is 0 Å². The van der Waals surface area contributed by atoms with E-state index in [1.807, 2.05) is 0 Å². The zero-order chi connectivity index (χ0) is 33.4. The van der Waals surface area contributed by atoms with E-state index in [2.05, 4.69) is 32.6 Å². The molecule has 1 fully saturated rings. The quantitative estimate of drug-likeness (QED) is 0.0497. The van der Waals surface area contributed by atoms with Crippen molar-refractivity contribution < 1.29 is 13.6 Å². The molecule has 5 heteroatoms. The van der Waals surface area contributed by atoms with Gasteiger partial charge in [0.15, 0.2) is 0 Å². The number of hydrogen-bond donors (Lipinski definition) is 0. The number of likely N-dealkylation sites (tertiary alicyclic amines) is 1. The average Bonchev–Trinajstić information content (AvgIpc) is 3.07. The Kier molecular flexibility index (Phi) is 31.0. The topological polar surface area (TPSA) is 38.8 Å². The third-order valence-corrected chi connectivity index (χ3v) is 12.4. The Morgan fingerprint density at radius 2 is 0.848 bits per heavy atom. The molecule has 4 nitrogen and oxygen atoms in total. The molecule has 1 heterocycles. The summed E-state index contributed by atoms with van der Waals surface area (Å²) in [6.07, 6.45) is 37.9. The molecule has 0 aromatic heterocycles. The van der Waals surface area contributed by atoms with Crippen LogP contribution in [0.1, 0.15) is 214 Å². The Morgan fingerprint density at radius 3 is 1.26 bits per heavy atom. The van der Waals surface area contributed by atoms with Crippen LogP contribution in [0, 0.1) is 11.8 Å². The summed E-state index contributed by atoms with van der Waals surface area (Å²) in [6.45, 7) is 14.0. The van der Waals surface area contributed by atoms with E-state index in [1.165, 1.54) is 186 Å². The van der Waals surface area contributed by atoms with Crippen LogP contribution in [0.2, 0.25) is 0 Å². The minimum Gasteiger partial charge on any atom is -0.308 e. The predicted molar refractivity (Wildman–Crippen MR) is 204 cm³/mol. The summed E-state index contributed by atoms with van der Waals surface area (Å²) in [4.78, 5) is 2.61. The zero-order valence-electron chi connectivity index (χ0n) is 32.0. The van der Waals surface area contributed by atoms with Crippen molar-refractivity contribution in [1.29, 1.82) is 0 Å². The second-order valence-electron chi connectivity index (χ2n) is 15.1. The van der Waals surface area contributed by atoms with Gasteiger partial charge in [-0.05, 0) is 82.8 Å². The summed E-state index contributed by atoms with van der Waals surface area (Å²) in [5, 5.41) is 0. The molecule has 1 aliphatic rings. The second-order valence-corrected chi connectivity index (χ2v) is 17.3. The first-order valence-electron chi connectivity index (χ1n) is 21.2. The van der Waals surface area contributed by atoms with E-state index in [-0.39, 0.29) is 0 Å². The molecule has 0 radical (unpaired) electrons. The van der Waals surface area contributed by atoms with Crippen LogP contribution in [-0.4, -0.2) is 43.9 Å². The Balaban J connectivity index is 2.79. The first-order chi connectivity index (χ1) is 22.6. The van der Waals surface area contributed by atoms with Crippen molar-refractivity contribution in [3.8, 4) is 0 Å². The minimum atomic E-state index is -3.11. The fraction of sp³-hybridized carbons (Fsp3) is 1.00. The summed E-state index contributed by atoms with van der Waals surface area (Å²) >= 11 is 0. The number of rotatable bonds is 35. The van der Waals surface area contributed by atoms with E-state index in [9.17, 15) is 4.57 Å². The van der Waals surface area contributed by atoms with Crippen molar-refractivity contribution in [2.45, 2.75) is 214 Å². The highest BCUT2D eigenvalue weighted by molar-refractivity contribution is 7.53. The lowest BCUT2D eigenvalue weighted by Crippen LogP contribution is -2.30. The lowest BCUT2D eigenvalue weighted by atomic mass is 9.95. The lowest BCUT2D eigenvalue weighted by molar-refractivity contribution is 0.145. The minimum absolute atomic E-state index is 0.515. The van der Waals surface area contributed by atoms with Gasteiger partial charge in [-0.2, -0.15) is 0 Å². The number of piperidine rings is 1. The van der Waals surface area contributed by atoms with E-state index in [1.54, 1.807) is 0 Å². The summed E-state index contributed by atoms with van der Waals surface area (Å²) in [6, 6.07) is 0. The van der Waals surface area contributed by atoms with Crippen LogP contribution in [0.15, 0.2) is 0 Å². The number of unbranched alkanes of at least 4 members (excludes halogenated alkanes) is 17. The first kappa shape index (κ1) is 44.1. The molecule has 1 rings (SSSR count). The highest BCUT2D eigenvalue weighted by Crippen LogP contribution is 2.50. The van der Waals surface area contributed by atoms with E-state index in [0.717, 1.165) is 19.4 Å². The van der Waals surface area contributed by atoms with Gasteiger partial charge in [-0.3, -0.25) is 4.57 Å². The maximum Gasteiger partial charge on any atom is 0.330 e. The molecule has 1 saturated heterocycles. The van der Waals surface area contributed by atoms with Crippen LogP contribution >= 0.6 is 7.60 Å². The summed E-state index contributed by atoms with van der Waals surface area (Å²) in [7, 11) is -3.11. The molecule has 0 aromatic rings. The smallest absolute Gasteiger partial charge is 0.308 e. The van der Waals surface area contributed by atoms with E-state index < -0.39 is 7.60 Å². The van der Waals surface area contributed by atoms with E-state index >= 15 is 0 Å². The summed E-state index contributed by atoms with van der Waals surface area (Å²) < 4.78 is 27.5. The van der Waals surface area contributed by atoms with Crippen molar-refractivity contribution in [2.24, 2.45) is 11.8 Å². The second kappa shape index (κ2) is 32.3. The molecule has 1 aliphatic heterocycles. The third kappa shape index (κ3) is 26.0. The molecule has 0 amide bonds. The Morgan fingerprint density at radius 1 is 0.478 bits per heavy atom. The van der Waals surface area contributed by atoms with Crippen LogP contribution in [0.25, 0.3) is 0 Å². The first-order valence-corrected chi connectivity index (χ1v) is 22.9. The van der Waals surface area contributed by atoms with Gasteiger partial charge in [-0.1, -0.05) is 163 Å². The Bertz CT molecular complexity index is 628. The van der Waals surface area contributed by atoms with Gasteiger partial charge < -0.3 is 13.9 Å². The molecule has 276 valence electrons. The fourth-order valence-electron chi connectivity index (χ4n) is 7.20. The molecule has 0 N–H and O–H groups in total. The third-order valence-electron chi connectivity index (χ3n) is 10.5. The maximum atomic E-state index is 14.5. The average molecular weight is 670 g/mol. The van der Waals surface area contributed by atoms with Crippen LogP contribution in [0.4, 0.5) is 0 Å². The molecule has 0 bridgehead atoms. The lowest BCUT2D eigenvalue weighted by Gasteiger charge is -2.27. The molecule has 0 aliphatic carbocycles. The standard InChI is InChI=1S/C41H84NO3P/c1-5-9-13-17-19-24-32-40(30-22-15-11-7-3)38-44-46(43,37-29-28-36-42-34-26-21-27-35-42)45-39-41(31-23-16-12-8-4)33-25-20-18-14-10-6-2/h40-41H,5-39H2,1-4H3. The molecular formula is C41H84NO3P. The van der Waals surface area contributed by atoms with Crippen molar-refractivity contribution in [1.82, 2.24) is 4.90 Å². The van der Waals surface area contributed by atoms with Crippen molar-refractivity contribution >= 4 is 7.60 Å². The van der Waals surface area contributed by atoms with Crippen LogP contribution in [-0.2, 0) is 13.6 Å². The predicted octanol–water partition coefficient (Wildman–Crippen LogP) is 14.2. The maximum absolute atomic E-state index is 14.5. The van der Waals surface area contributed by atoms with Gasteiger partial charge in [0.05, 0.1) is 19.4 Å². The summed E-state index contributed by atoms with van der Waals surface area (Å²) in [5.74, 6) is 1.03. The molecular weight excluding hydrogens is 585 g/mol. The van der Waals surface area contributed by atoms with Gasteiger partial charge in [0.25, 0.3) is 0 Å². The summed E-state index contributed by atoms with van der Waals surface area (Å²) in [5.41, 5.74) is 0. The molecule has 46 heavy (non-hydrogen) atoms. The SMILES string of the molecule is CCCCCCCCC(CCCCCC)COP(=O)(CCCCN1CCCCC1)OCC(CCCCCC)CCCCCCCC. The molecule has 2 atom stereocenters. The van der Waals surface area contributed by atoms with Gasteiger partial charge >= 0.3 is 7.60 Å². The van der Waals surface area contributed by atoms with Gasteiger partial charge in [0.2, 0.25) is 0 Å². The van der Waals surface area contributed by atoms with E-state index in [0.29, 0.717) is 31.2 Å². The monoisotopic (exact) mass is 670 g/mol. The molecule has 0 spiro atoms. The van der Waals surface area contributed by atoms with Crippen LogP contribution in [0.3, 0.4) is 0 Å². The van der Waals surface area contributed by atoms with Gasteiger partial charge in [-0.25, -0.2) is 0 Å². The zero-order valence-corrected chi connectivity index (χ0v) is 32.9. The van der Waals surface area contributed by atoms with Gasteiger partial charge in [0.1, 0.15) is 0 Å². The molecule has 0 saturated carbocycles. The number of nitrogens with zero attached hydrogens (tertiary/aromatic N) is 1. The van der Waals surface area contributed by atoms with Crippen LogP contribution < -0.4 is 0 Å². The van der Waals surface area contributed by atoms with E-state index in [4.69, 9.17) is 9.05 Å². The fourth-order valence-corrected chi connectivity index (χ4v) is 9.02. The largest absolute Gasteiger partial charge is 0.330 e. The van der Waals surface area contributed by atoms with Crippen molar-refractivity contribution in [2.75, 3.05) is 39.0 Å². The highest BCUT2D eigenvalue weighted by atomic mass is 31.2. The molecule has 2 unspecified atom stereocenters. The highest BCUT2D eigenvalue weighted by Gasteiger charge is 2.28. The van der Waals surface area contributed by atoms with Crippen LogP contribution in [0.5, 0.6) is 0 Å². The van der Waals surface area contributed by atoms with Crippen molar-refractivity contribution in [3.63, 3.8) is 0 Å². The van der Waals surface area contributed by atoms with Gasteiger partial charge in [-0.15, -0.1) is 0 Å². The normalized spacial score (nSPS) is 16.9. The van der Waals surface area contributed by atoms with Gasteiger partial charge in [0, 0.05) is 0 Å². The number of hydrogen-bond acceptors (Lipinski definition) is 4. The Labute approximate surface area is 290 Å². The molecule has 0 aromatic carbocycles. The Hall–Kier alpha value is 0.110.